The maximum atomic E-state index is 12.4. The molecular formula is C21H18N4O2. The average Bonchev–Trinajstić information content (AvgIpc) is 3.13. The smallest absolute Gasteiger partial charge is 0.271 e. The van der Waals surface area contributed by atoms with Gasteiger partial charge in [0.25, 0.3) is 11.5 Å². The van der Waals surface area contributed by atoms with Crippen LogP contribution in [0.15, 0.2) is 77.7 Å². The van der Waals surface area contributed by atoms with Crippen LogP contribution < -0.4 is 10.9 Å². The Kier molecular flexibility index (Phi) is 4.53. The molecule has 0 radical (unpaired) electrons. The number of H-pyrrole nitrogens is 2. The van der Waals surface area contributed by atoms with Gasteiger partial charge in [0.15, 0.2) is 0 Å². The Morgan fingerprint density at radius 3 is 2.56 bits per heavy atom. The number of carbonyl (C=O) groups is 1. The van der Waals surface area contributed by atoms with E-state index in [0.29, 0.717) is 6.54 Å². The van der Waals surface area contributed by atoms with E-state index in [1.807, 2.05) is 42.6 Å². The van der Waals surface area contributed by atoms with Gasteiger partial charge in [-0.3, -0.25) is 9.59 Å². The van der Waals surface area contributed by atoms with E-state index in [9.17, 15) is 9.59 Å². The van der Waals surface area contributed by atoms with Crippen LogP contribution in [0.5, 0.6) is 0 Å². The molecule has 1 amide bonds. The molecule has 0 bridgehead atoms. The third-order valence-electron chi connectivity index (χ3n) is 4.58. The summed E-state index contributed by atoms with van der Waals surface area (Å²) in [6.45, 7) is 0.408. The number of para-hydroxylation sites is 1. The maximum Gasteiger partial charge on any atom is 0.271 e. The summed E-state index contributed by atoms with van der Waals surface area (Å²) in [5.41, 5.74) is 3.12. The molecule has 4 rings (SSSR count). The number of nitrogens with zero attached hydrogens (tertiary/aromatic N) is 1. The first-order valence-corrected chi connectivity index (χ1v) is 8.67. The average molecular weight is 358 g/mol. The number of aromatic amines is 2. The molecule has 0 fully saturated rings. The van der Waals surface area contributed by atoms with Gasteiger partial charge in [-0.05, 0) is 23.3 Å². The number of benzene rings is 2. The van der Waals surface area contributed by atoms with Gasteiger partial charge in [0, 0.05) is 35.6 Å². The first kappa shape index (κ1) is 16.8. The topological polar surface area (TPSA) is 90.6 Å². The van der Waals surface area contributed by atoms with Crippen molar-refractivity contribution in [3.63, 3.8) is 0 Å². The summed E-state index contributed by atoms with van der Waals surface area (Å²) in [5.74, 6) is -0.346. The first-order valence-electron chi connectivity index (χ1n) is 8.67. The molecule has 4 aromatic rings. The molecule has 2 aromatic heterocycles. The highest BCUT2D eigenvalue weighted by molar-refractivity contribution is 5.92. The van der Waals surface area contributed by atoms with E-state index < -0.39 is 0 Å². The van der Waals surface area contributed by atoms with Crippen molar-refractivity contribution in [3.8, 4) is 0 Å². The van der Waals surface area contributed by atoms with Crippen molar-refractivity contribution in [2.24, 2.45) is 0 Å². The molecule has 134 valence electrons. The number of rotatable bonds is 5. The Balaban J connectivity index is 1.64. The summed E-state index contributed by atoms with van der Waals surface area (Å²) in [6.07, 6.45) is 1.99. The van der Waals surface area contributed by atoms with E-state index >= 15 is 0 Å². The van der Waals surface area contributed by atoms with Gasteiger partial charge < -0.3 is 10.3 Å². The van der Waals surface area contributed by atoms with E-state index in [2.05, 4.69) is 38.7 Å². The molecule has 0 saturated heterocycles. The Morgan fingerprint density at radius 2 is 1.78 bits per heavy atom. The minimum Gasteiger partial charge on any atom is -0.361 e. The van der Waals surface area contributed by atoms with Crippen LogP contribution in [0.2, 0.25) is 0 Å². The van der Waals surface area contributed by atoms with Gasteiger partial charge in [0.1, 0.15) is 5.69 Å². The van der Waals surface area contributed by atoms with Crippen molar-refractivity contribution in [3.05, 3.63) is 100 Å². The summed E-state index contributed by atoms with van der Waals surface area (Å²) in [6, 6.07) is 20.9. The number of fused-ring (bicyclic) bond motifs is 1. The highest BCUT2D eigenvalue weighted by atomic mass is 16.2. The van der Waals surface area contributed by atoms with Crippen LogP contribution in [0.25, 0.3) is 10.9 Å². The van der Waals surface area contributed by atoms with Gasteiger partial charge in [-0.25, -0.2) is 5.10 Å². The summed E-state index contributed by atoms with van der Waals surface area (Å²) in [4.78, 5) is 26.8. The fourth-order valence-electron chi connectivity index (χ4n) is 3.23. The molecule has 6 heteroatoms. The number of nitrogens with one attached hydrogen (secondary N) is 3. The lowest BCUT2D eigenvalue weighted by Crippen LogP contribution is -2.30. The van der Waals surface area contributed by atoms with E-state index in [4.69, 9.17) is 0 Å². The van der Waals surface area contributed by atoms with E-state index in [1.165, 1.54) is 12.1 Å². The molecule has 27 heavy (non-hydrogen) atoms. The highest BCUT2D eigenvalue weighted by Gasteiger charge is 2.19. The van der Waals surface area contributed by atoms with Gasteiger partial charge in [-0.2, -0.15) is 5.10 Å². The second-order valence-electron chi connectivity index (χ2n) is 6.27. The molecule has 2 aromatic carbocycles. The predicted octanol–water partition coefficient (Wildman–Crippen LogP) is 2.81. The van der Waals surface area contributed by atoms with E-state index in [-0.39, 0.29) is 23.1 Å². The van der Waals surface area contributed by atoms with Crippen LogP contribution in [0.4, 0.5) is 0 Å². The highest BCUT2D eigenvalue weighted by Crippen LogP contribution is 2.30. The van der Waals surface area contributed by atoms with Crippen molar-refractivity contribution in [1.82, 2.24) is 20.5 Å². The summed E-state index contributed by atoms with van der Waals surface area (Å²) >= 11 is 0. The minimum absolute atomic E-state index is 0.0194. The largest absolute Gasteiger partial charge is 0.361 e. The lowest BCUT2D eigenvalue weighted by Gasteiger charge is -2.18. The van der Waals surface area contributed by atoms with Crippen LogP contribution in [-0.2, 0) is 0 Å². The van der Waals surface area contributed by atoms with E-state index in [0.717, 1.165) is 22.0 Å². The molecule has 0 spiro atoms. The molecular weight excluding hydrogens is 340 g/mol. The van der Waals surface area contributed by atoms with Crippen LogP contribution >= 0.6 is 0 Å². The predicted molar refractivity (Wildman–Crippen MR) is 104 cm³/mol. The molecule has 0 saturated carbocycles. The van der Waals surface area contributed by atoms with Crippen molar-refractivity contribution in [2.45, 2.75) is 5.92 Å². The second-order valence-corrected chi connectivity index (χ2v) is 6.27. The molecule has 2 heterocycles. The van der Waals surface area contributed by atoms with Crippen molar-refractivity contribution < 1.29 is 4.79 Å². The van der Waals surface area contributed by atoms with Crippen LogP contribution in [0.3, 0.4) is 0 Å². The third-order valence-corrected chi connectivity index (χ3v) is 4.58. The zero-order chi connectivity index (χ0) is 18.6. The lowest BCUT2D eigenvalue weighted by molar-refractivity contribution is 0.0946. The van der Waals surface area contributed by atoms with E-state index in [1.54, 1.807) is 0 Å². The van der Waals surface area contributed by atoms with Gasteiger partial charge in [-0.15, -0.1) is 0 Å². The van der Waals surface area contributed by atoms with Gasteiger partial charge in [-0.1, -0.05) is 48.5 Å². The first-order chi connectivity index (χ1) is 13.2. The molecule has 1 unspecified atom stereocenters. The zero-order valence-corrected chi connectivity index (χ0v) is 14.5. The van der Waals surface area contributed by atoms with Gasteiger partial charge in [0.2, 0.25) is 0 Å². The zero-order valence-electron chi connectivity index (χ0n) is 14.5. The molecule has 0 aliphatic heterocycles. The lowest BCUT2D eigenvalue weighted by atomic mass is 9.91. The van der Waals surface area contributed by atoms with Crippen molar-refractivity contribution in [1.29, 1.82) is 0 Å². The number of amides is 1. The minimum atomic E-state index is -0.340. The Bertz CT molecular complexity index is 1110. The van der Waals surface area contributed by atoms with Crippen LogP contribution in [0, 0.1) is 0 Å². The Labute approximate surface area is 155 Å². The SMILES string of the molecule is O=C(NCC(c1ccccc1)c1c[nH]c2ccccc12)c1ccc(=O)[nH]n1. The molecule has 0 aliphatic carbocycles. The normalized spacial score (nSPS) is 12.0. The summed E-state index contributed by atoms with van der Waals surface area (Å²) in [7, 11) is 0. The molecule has 3 N–H and O–H groups in total. The van der Waals surface area contributed by atoms with Gasteiger partial charge in [0.05, 0.1) is 0 Å². The van der Waals surface area contributed by atoms with Crippen LogP contribution in [0.1, 0.15) is 27.5 Å². The molecule has 6 nitrogen and oxygen atoms in total. The number of hydrogen-bond donors (Lipinski definition) is 3. The third kappa shape index (κ3) is 3.50. The summed E-state index contributed by atoms with van der Waals surface area (Å²) < 4.78 is 0. The maximum absolute atomic E-state index is 12.4. The quantitative estimate of drug-likeness (QED) is 0.512. The monoisotopic (exact) mass is 358 g/mol. The van der Waals surface area contributed by atoms with Crippen molar-refractivity contribution in [2.75, 3.05) is 6.54 Å². The van der Waals surface area contributed by atoms with Crippen molar-refractivity contribution >= 4 is 16.8 Å². The fourth-order valence-corrected chi connectivity index (χ4v) is 3.23. The van der Waals surface area contributed by atoms with Crippen LogP contribution in [-0.4, -0.2) is 27.6 Å². The Morgan fingerprint density at radius 1 is 1.00 bits per heavy atom. The number of aromatic nitrogens is 3. The second kappa shape index (κ2) is 7.29. The molecule has 1 atom stereocenters. The molecule has 0 aliphatic rings. The fraction of sp³-hybridized carbons (Fsp3) is 0.0952. The standard InChI is InChI=1S/C21H18N4O2/c26-20-11-10-19(24-25-20)21(27)23-12-16(14-6-2-1-3-7-14)17-13-22-18-9-5-4-8-15(17)18/h1-11,13,16,22H,12H2,(H,23,27)(H,25,26). The van der Waals surface area contributed by atoms with Gasteiger partial charge >= 0.3 is 0 Å². The number of carbonyl (C=O) groups excluding carboxylic acids is 1. The number of hydrogen-bond acceptors (Lipinski definition) is 3. The summed E-state index contributed by atoms with van der Waals surface area (Å²) in [5, 5.41) is 10.1. The Hall–Kier alpha value is -3.67.